The topological polar surface area (TPSA) is 65.1 Å². The van der Waals surface area contributed by atoms with E-state index in [1.54, 1.807) is 0 Å². The van der Waals surface area contributed by atoms with Crippen molar-refractivity contribution in [2.75, 3.05) is 13.2 Å². The van der Waals surface area contributed by atoms with Gasteiger partial charge in [0.1, 0.15) is 0 Å². The van der Waals surface area contributed by atoms with E-state index in [0.29, 0.717) is 5.02 Å². The number of nitrogens with one attached hydrogen (secondary N) is 2. The standard InChI is InChI=1S/C17H17ClN2O2/c1-10(17(22)19-6-7-21)11-2-4-13-14-9-12(18)3-5-15(14)20-16(13)8-11/h2-5,8-10,20-21H,6-7H2,1H3,(H,19,22)/t10-/m0/s1. The maximum Gasteiger partial charge on any atom is 0.227 e. The van der Waals surface area contributed by atoms with Gasteiger partial charge in [0.2, 0.25) is 5.91 Å². The lowest BCUT2D eigenvalue weighted by molar-refractivity contribution is -0.122. The molecule has 1 atom stereocenters. The number of aliphatic hydroxyl groups excluding tert-OH is 1. The zero-order chi connectivity index (χ0) is 15.7. The Balaban J connectivity index is 1.99. The van der Waals surface area contributed by atoms with Crippen LogP contribution in [0, 0.1) is 0 Å². The predicted molar refractivity (Wildman–Crippen MR) is 89.3 cm³/mol. The van der Waals surface area contributed by atoms with Crippen LogP contribution in [0.5, 0.6) is 0 Å². The van der Waals surface area contributed by atoms with Crippen LogP contribution in [0.1, 0.15) is 18.4 Å². The number of H-pyrrole nitrogens is 1. The second-order valence-electron chi connectivity index (χ2n) is 5.36. The van der Waals surface area contributed by atoms with Crippen molar-refractivity contribution in [2.24, 2.45) is 0 Å². The van der Waals surface area contributed by atoms with Gasteiger partial charge in [-0.3, -0.25) is 4.79 Å². The number of hydrogen-bond donors (Lipinski definition) is 3. The van der Waals surface area contributed by atoms with Crippen molar-refractivity contribution in [3.8, 4) is 0 Å². The Bertz CT molecular complexity index is 841. The number of hydrogen-bond acceptors (Lipinski definition) is 2. The second kappa shape index (κ2) is 5.99. The first-order valence-corrected chi connectivity index (χ1v) is 7.57. The fourth-order valence-electron chi connectivity index (χ4n) is 2.65. The number of carbonyl (C=O) groups is 1. The molecule has 0 aliphatic rings. The van der Waals surface area contributed by atoms with Crippen molar-refractivity contribution < 1.29 is 9.90 Å². The minimum atomic E-state index is -0.272. The second-order valence-corrected chi connectivity index (χ2v) is 5.79. The molecule has 0 fully saturated rings. The molecule has 1 aromatic heterocycles. The van der Waals surface area contributed by atoms with Crippen LogP contribution in [0.15, 0.2) is 36.4 Å². The lowest BCUT2D eigenvalue weighted by Crippen LogP contribution is -2.30. The average molecular weight is 317 g/mol. The fraction of sp³-hybridized carbons (Fsp3) is 0.235. The average Bonchev–Trinajstić information content (AvgIpc) is 2.88. The minimum absolute atomic E-state index is 0.0553. The van der Waals surface area contributed by atoms with Crippen molar-refractivity contribution in [3.05, 3.63) is 47.0 Å². The molecule has 3 rings (SSSR count). The zero-order valence-electron chi connectivity index (χ0n) is 12.2. The summed E-state index contributed by atoms with van der Waals surface area (Å²) in [4.78, 5) is 15.4. The maximum absolute atomic E-state index is 12.0. The summed E-state index contributed by atoms with van der Waals surface area (Å²) in [6.45, 7) is 2.07. The first-order chi connectivity index (χ1) is 10.6. The summed E-state index contributed by atoms with van der Waals surface area (Å²) in [7, 11) is 0. The normalized spacial score (nSPS) is 12.7. The van der Waals surface area contributed by atoms with E-state index in [1.807, 2.05) is 43.3 Å². The summed E-state index contributed by atoms with van der Waals surface area (Å²) in [5, 5.41) is 14.3. The molecule has 0 aliphatic heterocycles. The van der Waals surface area contributed by atoms with Crippen molar-refractivity contribution >= 4 is 39.3 Å². The van der Waals surface area contributed by atoms with E-state index in [9.17, 15) is 4.79 Å². The van der Waals surface area contributed by atoms with Gasteiger partial charge in [-0.2, -0.15) is 0 Å². The molecule has 0 saturated heterocycles. The summed E-state index contributed by atoms with van der Waals surface area (Å²) in [6, 6.07) is 11.7. The molecule has 5 heteroatoms. The van der Waals surface area contributed by atoms with E-state index in [2.05, 4.69) is 10.3 Å². The van der Waals surface area contributed by atoms with Gasteiger partial charge in [0, 0.05) is 33.4 Å². The fourth-order valence-corrected chi connectivity index (χ4v) is 2.82. The van der Waals surface area contributed by atoms with Crippen molar-refractivity contribution in [3.63, 3.8) is 0 Å². The number of carbonyl (C=O) groups excluding carboxylic acids is 1. The highest BCUT2D eigenvalue weighted by molar-refractivity contribution is 6.31. The largest absolute Gasteiger partial charge is 0.395 e. The highest BCUT2D eigenvalue weighted by Gasteiger charge is 2.16. The molecule has 1 heterocycles. The predicted octanol–water partition coefficient (Wildman–Crippen LogP) is 3.19. The van der Waals surface area contributed by atoms with Crippen LogP contribution in [0.4, 0.5) is 0 Å². The zero-order valence-corrected chi connectivity index (χ0v) is 12.9. The smallest absolute Gasteiger partial charge is 0.227 e. The Morgan fingerprint density at radius 1 is 1.23 bits per heavy atom. The van der Waals surface area contributed by atoms with Gasteiger partial charge in [-0.25, -0.2) is 0 Å². The molecule has 2 aromatic carbocycles. The van der Waals surface area contributed by atoms with E-state index in [4.69, 9.17) is 16.7 Å². The van der Waals surface area contributed by atoms with Crippen molar-refractivity contribution in [1.82, 2.24) is 10.3 Å². The molecule has 114 valence electrons. The third-order valence-corrected chi connectivity index (χ3v) is 4.12. The molecule has 0 radical (unpaired) electrons. The van der Waals surface area contributed by atoms with E-state index < -0.39 is 0 Å². The third kappa shape index (κ3) is 2.67. The molecule has 3 N–H and O–H groups in total. The van der Waals surface area contributed by atoms with Crippen molar-refractivity contribution in [2.45, 2.75) is 12.8 Å². The van der Waals surface area contributed by atoms with Crippen LogP contribution >= 0.6 is 11.6 Å². The first kappa shape index (κ1) is 14.9. The number of aliphatic hydroxyl groups is 1. The molecule has 4 nitrogen and oxygen atoms in total. The Morgan fingerprint density at radius 2 is 2.05 bits per heavy atom. The summed E-state index contributed by atoms with van der Waals surface area (Å²) in [5.41, 5.74) is 2.94. The lowest BCUT2D eigenvalue weighted by atomic mass is 9.98. The Labute approximate surface area is 133 Å². The molecule has 3 aromatic rings. The molecule has 0 unspecified atom stereocenters. The van der Waals surface area contributed by atoms with Crippen LogP contribution in [0.2, 0.25) is 5.02 Å². The molecular formula is C17H17ClN2O2. The SMILES string of the molecule is C[C@H](C(=O)NCCO)c1ccc2c(c1)[nH]c1ccc(Cl)cc12. The van der Waals surface area contributed by atoms with Crippen LogP contribution in [-0.2, 0) is 4.79 Å². The van der Waals surface area contributed by atoms with Crippen LogP contribution in [0.3, 0.4) is 0 Å². The summed E-state index contributed by atoms with van der Waals surface area (Å²) in [6.07, 6.45) is 0. The Kier molecular flexibility index (Phi) is 4.05. The van der Waals surface area contributed by atoms with Crippen LogP contribution in [0.25, 0.3) is 21.8 Å². The molecule has 0 spiro atoms. The van der Waals surface area contributed by atoms with E-state index in [-0.39, 0.29) is 25.0 Å². The van der Waals surface area contributed by atoms with Gasteiger partial charge < -0.3 is 15.4 Å². The molecule has 0 bridgehead atoms. The number of amides is 1. The summed E-state index contributed by atoms with van der Waals surface area (Å²) >= 11 is 6.06. The Hall–Kier alpha value is -2.04. The summed E-state index contributed by atoms with van der Waals surface area (Å²) < 4.78 is 0. The van der Waals surface area contributed by atoms with E-state index in [1.165, 1.54) is 0 Å². The van der Waals surface area contributed by atoms with Gasteiger partial charge in [0.15, 0.2) is 0 Å². The molecule has 0 saturated carbocycles. The quantitative estimate of drug-likeness (QED) is 0.692. The number of benzene rings is 2. The summed E-state index contributed by atoms with van der Waals surface area (Å²) in [5.74, 6) is -0.362. The highest BCUT2D eigenvalue weighted by atomic mass is 35.5. The van der Waals surface area contributed by atoms with E-state index >= 15 is 0 Å². The minimum Gasteiger partial charge on any atom is -0.395 e. The van der Waals surface area contributed by atoms with Crippen LogP contribution < -0.4 is 5.32 Å². The highest BCUT2D eigenvalue weighted by Crippen LogP contribution is 2.30. The van der Waals surface area contributed by atoms with Gasteiger partial charge in [-0.1, -0.05) is 23.7 Å². The monoisotopic (exact) mass is 316 g/mol. The third-order valence-electron chi connectivity index (χ3n) is 3.89. The van der Waals surface area contributed by atoms with Crippen LogP contribution in [-0.4, -0.2) is 29.1 Å². The molecule has 0 aliphatic carbocycles. The first-order valence-electron chi connectivity index (χ1n) is 7.19. The van der Waals surface area contributed by atoms with Gasteiger partial charge in [0.05, 0.1) is 12.5 Å². The maximum atomic E-state index is 12.0. The van der Waals surface area contributed by atoms with Gasteiger partial charge in [0.25, 0.3) is 0 Å². The number of rotatable bonds is 4. The lowest BCUT2D eigenvalue weighted by Gasteiger charge is -2.12. The van der Waals surface area contributed by atoms with E-state index in [0.717, 1.165) is 27.4 Å². The number of aromatic nitrogens is 1. The molecule has 22 heavy (non-hydrogen) atoms. The number of halogens is 1. The number of fused-ring (bicyclic) bond motifs is 3. The molecule has 1 amide bonds. The van der Waals surface area contributed by atoms with Gasteiger partial charge in [-0.05, 0) is 36.8 Å². The molecular weight excluding hydrogens is 300 g/mol. The van der Waals surface area contributed by atoms with Crippen molar-refractivity contribution in [1.29, 1.82) is 0 Å². The number of aromatic amines is 1. The van der Waals surface area contributed by atoms with Gasteiger partial charge >= 0.3 is 0 Å². The Morgan fingerprint density at radius 3 is 2.82 bits per heavy atom. The van der Waals surface area contributed by atoms with Gasteiger partial charge in [-0.15, -0.1) is 0 Å².